The molecule has 0 aliphatic heterocycles. The number of hydrogen-bond donors (Lipinski definition) is 1. The quantitative estimate of drug-likeness (QED) is 0.739. The third-order valence-electron chi connectivity index (χ3n) is 2.39. The molecule has 104 valence electrons. The number of nitrogens with zero attached hydrogens (tertiary/aromatic N) is 3. The minimum atomic E-state index is -0.502. The van der Waals surface area contributed by atoms with Gasteiger partial charge in [-0.3, -0.25) is 4.90 Å². The number of rotatable bonds is 8. The second kappa shape index (κ2) is 7.45. The SMILES string of the molecule is COCC(O)CN(C)Cc1nc(CC(C)C)no1. The molecule has 1 heterocycles. The Bertz CT molecular complexity index is 341. The minimum absolute atomic E-state index is 0.326. The Labute approximate surface area is 108 Å². The van der Waals surface area contributed by atoms with E-state index < -0.39 is 6.10 Å². The first-order valence-corrected chi connectivity index (χ1v) is 6.18. The highest BCUT2D eigenvalue weighted by Crippen LogP contribution is 2.06. The van der Waals surface area contributed by atoms with Crippen LogP contribution in [-0.2, 0) is 17.7 Å². The van der Waals surface area contributed by atoms with Crippen LogP contribution in [0, 0.1) is 5.92 Å². The van der Waals surface area contributed by atoms with Crippen molar-refractivity contribution in [3.05, 3.63) is 11.7 Å². The Morgan fingerprint density at radius 2 is 2.17 bits per heavy atom. The molecular formula is C12H23N3O3. The third-order valence-corrected chi connectivity index (χ3v) is 2.39. The fourth-order valence-corrected chi connectivity index (χ4v) is 1.70. The molecule has 1 unspecified atom stereocenters. The summed E-state index contributed by atoms with van der Waals surface area (Å²) < 4.78 is 10.0. The van der Waals surface area contributed by atoms with Crippen LogP contribution in [0.2, 0.25) is 0 Å². The first-order valence-electron chi connectivity index (χ1n) is 6.18. The number of hydrogen-bond acceptors (Lipinski definition) is 6. The van der Waals surface area contributed by atoms with Gasteiger partial charge in [-0.15, -0.1) is 0 Å². The van der Waals surface area contributed by atoms with Crippen LogP contribution >= 0.6 is 0 Å². The van der Waals surface area contributed by atoms with E-state index in [9.17, 15) is 5.11 Å². The van der Waals surface area contributed by atoms with Crippen LogP contribution in [0.4, 0.5) is 0 Å². The summed E-state index contributed by atoms with van der Waals surface area (Å²) in [7, 11) is 3.46. The van der Waals surface area contributed by atoms with Crippen molar-refractivity contribution in [2.24, 2.45) is 5.92 Å². The summed E-state index contributed by atoms with van der Waals surface area (Å²) in [4.78, 5) is 6.24. The maximum Gasteiger partial charge on any atom is 0.240 e. The van der Waals surface area contributed by atoms with Gasteiger partial charge < -0.3 is 14.4 Å². The molecule has 0 radical (unpaired) electrons. The monoisotopic (exact) mass is 257 g/mol. The molecule has 0 aliphatic rings. The predicted molar refractivity (Wildman–Crippen MR) is 67.1 cm³/mol. The normalized spacial score (nSPS) is 13.5. The number of aromatic nitrogens is 2. The van der Waals surface area contributed by atoms with E-state index in [1.54, 1.807) is 7.11 Å². The van der Waals surface area contributed by atoms with Gasteiger partial charge in [0.25, 0.3) is 0 Å². The molecule has 1 N–H and O–H groups in total. The summed E-state index contributed by atoms with van der Waals surface area (Å²) in [6.07, 6.45) is 0.317. The fraction of sp³-hybridized carbons (Fsp3) is 0.833. The zero-order chi connectivity index (χ0) is 13.5. The van der Waals surface area contributed by atoms with Gasteiger partial charge in [-0.1, -0.05) is 19.0 Å². The van der Waals surface area contributed by atoms with E-state index in [1.807, 2.05) is 11.9 Å². The summed E-state index contributed by atoms with van der Waals surface area (Å²) in [5.41, 5.74) is 0. The summed E-state index contributed by atoms with van der Waals surface area (Å²) in [6, 6.07) is 0. The molecule has 0 fully saturated rings. The summed E-state index contributed by atoms with van der Waals surface area (Å²) in [5, 5.41) is 13.5. The molecule has 0 saturated carbocycles. The number of aliphatic hydroxyl groups excluding tert-OH is 1. The van der Waals surface area contributed by atoms with Crippen LogP contribution in [0.1, 0.15) is 25.6 Å². The van der Waals surface area contributed by atoms with Crippen molar-refractivity contribution < 1.29 is 14.4 Å². The molecule has 0 saturated heterocycles. The molecule has 0 aliphatic carbocycles. The van der Waals surface area contributed by atoms with Crippen molar-refractivity contribution in [2.75, 3.05) is 27.3 Å². The Balaban J connectivity index is 2.39. The van der Waals surface area contributed by atoms with Gasteiger partial charge in [-0.25, -0.2) is 0 Å². The molecule has 0 bridgehead atoms. The standard InChI is InChI=1S/C12H23N3O3/c1-9(2)5-11-13-12(18-14-11)7-15(3)6-10(16)8-17-4/h9-10,16H,5-8H2,1-4H3. The van der Waals surface area contributed by atoms with Crippen LogP contribution in [0.15, 0.2) is 4.52 Å². The van der Waals surface area contributed by atoms with E-state index in [4.69, 9.17) is 9.26 Å². The first-order chi connectivity index (χ1) is 8.51. The topological polar surface area (TPSA) is 71.6 Å². The fourth-order valence-electron chi connectivity index (χ4n) is 1.70. The first kappa shape index (κ1) is 15.1. The van der Waals surface area contributed by atoms with E-state index >= 15 is 0 Å². The zero-order valence-electron chi connectivity index (χ0n) is 11.6. The van der Waals surface area contributed by atoms with Gasteiger partial charge in [0, 0.05) is 20.1 Å². The Kier molecular flexibility index (Phi) is 6.24. The second-order valence-electron chi connectivity index (χ2n) is 5.01. The van der Waals surface area contributed by atoms with Crippen molar-refractivity contribution >= 4 is 0 Å². The van der Waals surface area contributed by atoms with Gasteiger partial charge in [-0.2, -0.15) is 4.98 Å². The molecule has 1 rings (SSSR count). The van der Waals surface area contributed by atoms with Crippen molar-refractivity contribution in [1.29, 1.82) is 0 Å². The number of ether oxygens (including phenoxy) is 1. The van der Waals surface area contributed by atoms with Crippen LogP contribution in [-0.4, -0.2) is 53.6 Å². The smallest absolute Gasteiger partial charge is 0.240 e. The molecule has 6 nitrogen and oxygen atoms in total. The predicted octanol–water partition coefficient (Wildman–Crippen LogP) is 0.707. The van der Waals surface area contributed by atoms with Crippen LogP contribution in [0.5, 0.6) is 0 Å². The Morgan fingerprint density at radius 3 is 2.78 bits per heavy atom. The lowest BCUT2D eigenvalue weighted by molar-refractivity contribution is 0.0400. The van der Waals surface area contributed by atoms with E-state index in [-0.39, 0.29) is 0 Å². The molecule has 0 aromatic carbocycles. The average molecular weight is 257 g/mol. The van der Waals surface area contributed by atoms with Gasteiger partial charge in [0.1, 0.15) is 0 Å². The van der Waals surface area contributed by atoms with E-state index in [2.05, 4.69) is 24.0 Å². The number of likely N-dealkylation sites (N-methyl/N-ethyl adjacent to an activating group) is 1. The summed E-state index contributed by atoms with van der Waals surface area (Å²) in [6.45, 7) is 5.60. The Morgan fingerprint density at radius 1 is 1.44 bits per heavy atom. The molecule has 18 heavy (non-hydrogen) atoms. The van der Waals surface area contributed by atoms with Crippen molar-refractivity contribution in [3.8, 4) is 0 Å². The molecule has 1 atom stereocenters. The van der Waals surface area contributed by atoms with Gasteiger partial charge in [-0.05, 0) is 13.0 Å². The summed E-state index contributed by atoms with van der Waals surface area (Å²) in [5.74, 6) is 1.83. The largest absolute Gasteiger partial charge is 0.389 e. The van der Waals surface area contributed by atoms with Crippen LogP contribution < -0.4 is 0 Å². The Hall–Kier alpha value is -0.980. The van der Waals surface area contributed by atoms with Gasteiger partial charge >= 0.3 is 0 Å². The minimum Gasteiger partial charge on any atom is -0.389 e. The third kappa shape index (κ3) is 5.57. The van der Waals surface area contributed by atoms with E-state index in [0.717, 1.165) is 12.2 Å². The lowest BCUT2D eigenvalue weighted by Crippen LogP contribution is -2.31. The van der Waals surface area contributed by atoms with Crippen LogP contribution in [0.25, 0.3) is 0 Å². The van der Waals surface area contributed by atoms with Crippen molar-refractivity contribution in [2.45, 2.75) is 32.9 Å². The maximum absolute atomic E-state index is 9.59. The molecule has 0 amide bonds. The lowest BCUT2D eigenvalue weighted by atomic mass is 10.1. The van der Waals surface area contributed by atoms with Gasteiger partial charge in [0.15, 0.2) is 5.82 Å². The van der Waals surface area contributed by atoms with E-state index in [1.165, 1.54) is 0 Å². The van der Waals surface area contributed by atoms with Gasteiger partial charge in [0.2, 0.25) is 5.89 Å². The number of methoxy groups -OCH3 is 1. The van der Waals surface area contributed by atoms with Gasteiger partial charge in [0.05, 0.1) is 19.3 Å². The second-order valence-corrected chi connectivity index (χ2v) is 5.01. The average Bonchev–Trinajstić information content (AvgIpc) is 2.64. The lowest BCUT2D eigenvalue weighted by Gasteiger charge is -2.17. The molecule has 6 heteroatoms. The number of aliphatic hydroxyl groups is 1. The van der Waals surface area contributed by atoms with E-state index in [0.29, 0.717) is 31.5 Å². The maximum atomic E-state index is 9.59. The molecule has 1 aromatic heterocycles. The van der Waals surface area contributed by atoms with Crippen molar-refractivity contribution in [3.63, 3.8) is 0 Å². The molecular weight excluding hydrogens is 234 g/mol. The highest BCUT2D eigenvalue weighted by molar-refractivity contribution is 4.87. The summed E-state index contributed by atoms with van der Waals surface area (Å²) >= 11 is 0. The zero-order valence-corrected chi connectivity index (χ0v) is 11.6. The van der Waals surface area contributed by atoms with Crippen LogP contribution in [0.3, 0.4) is 0 Å². The highest BCUT2D eigenvalue weighted by atomic mass is 16.5. The molecule has 1 aromatic rings. The molecule has 0 spiro atoms. The highest BCUT2D eigenvalue weighted by Gasteiger charge is 2.13. The van der Waals surface area contributed by atoms with Crippen molar-refractivity contribution in [1.82, 2.24) is 15.0 Å².